The summed E-state index contributed by atoms with van der Waals surface area (Å²) in [4.78, 5) is 65.0. The van der Waals surface area contributed by atoms with Gasteiger partial charge in [-0.25, -0.2) is 9.59 Å². The number of anilines is 1. The summed E-state index contributed by atoms with van der Waals surface area (Å²) in [5.41, 5.74) is 1.39. The van der Waals surface area contributed by atoms with Gasteiger partial charge in [-0.3, -0.25) is 19.3 Å². The standard InChI is InChI=1S/C27H26N2O7S/c1-4-35-26(33)20-15(3)22(27(34)36-5-2)37-23(20)28-19(30)13-8-14-29-24(31)17-11-6-9-16-10-7-12-18(21(16)17)25(29)32/h6-7,9-12H,4-5,8,13-14H2,1-3H3,(H,28,30). The van der Waals surface area contributed by atoms with Crippen LogP contribution in [0.1, 0.15) is 73.0 Å². The second kappa shape index (κ2) is 10.9. The Morgan fingerprint density at radius 2 is 1.51 bits per heavy atom. The molecule has 0 fully saturated rings. The SMILES string of the molecule is CCOC(=O)c1sc(NC(=O)CCCN2C(=O)c3cccc4cccc(c34)C2=O)c(C(=O)OCC)c1C. The van der Waals surface area contributed by atoms with Crippen LogP contribution >= 0.6 is 11.3 Å². The maximum absolute atomic E-state index is 13.0. The van der Waals surface area contributed by atoms with Crippen molar-refractivity contribution in [3.05, 3.63) is 63.5 Å². The molecule has 0 unspecified atom stereocenters. The number of carbonyl (C=O) groups excluding carboxylic acids is 5. The van der Waals surface area contributed by atoms with Gasteiger partial charge in [-0.05, 0) is 50.3 Å². The first kappa shape index (κ1) is 26.0. The number of imide groups is 1. The van der Waals surface area contributed by atoms with Crippen LogP contribution in [-0.4, -0.2) is 54.3 Å². The number of nitrogens with zero attached hydrogens (tertiary/aromatic N) is 1. The van der Waals surface area contributed by atoms with Crippen LogP contribution in [0.4, 0.5) is 5.00 Å². The number of hydrogen-bond donors (Lipinski definition) is 1. The first-order valence-corrected chi connectivity index (χ1v) is 12.8. The van der Waals surface area contributed by atoms with E-state index in [0.29, 0.717) is 22.1 Å². The summed E-state index contributed by atoms with van der Waals surface area (Å²) in [6.07, 6.45) is 0.197. The number of hydrogen-bond acceptors (Lipinski definition) is 8. The van der Waals surface area contributed by atoms with Gasteiger partial charge >= 0.3 is 11.9 Å². The molecule has 1 aliphatic heterocycles. The molecule has 1 N–H and O–H groups in total. The lowest BCUT2D eigenvalue weighted by atomic mass is 9.94. The topological polar surface area (TPSA) is 119 Å². The Hall–Kier alpha value is -4.05. The molecule has 10 heteroatoms. The highest BCUT2D eigenvalue weighted by Crippen LogP contribution is 2.35. The van der Waals surface area contributed by atoms with Crippen molar-refractivity contribution < 1.29 is 33.4 Å². The van der Waals surface area contributed by atoms with E-state index in [4.69, 9.17) is 9.47 Å². The van der Waals surface area contributed by atoms with Crippen LogP contribution in [0.15, 0.2) is 36.4 Å². The molecule has 1 aliphatic rings. The van der Waals surface area contributed by atoms with E-state index in [1.165, 1.54) is 0 Å². The number of amides is 3. The molecule has 0 bridgehead atoms. The number of rotatable bonds is 9. The highest BCUT2D eigenvalue weighted by atomic mass is 32.1. The summed E-state index contributed by atoms with van der Waals surface area (Å²) < 4.78 is 10.2. The van der Waals surface area contributed by atoms with E-state index in [1.807, 2.05) is 12.1 Å². The van der Waals surface area contributed by atoms with Crippen LogP contribution in [0, 0.1) is 6.92 Å². The van der Waals surface area contributed by atoms with Crippen LogP contribution in [-0.2, 0) is 14.3 Å². The van der Waals surface area contributed by atoms with Gasteiger partial charge in [-0.2, -0.15) is 0 Å². The summed E-state index contributed by atoms with van der Waals surface area (Å²) >= 11 is 0.942. The molecule has 3 aromatic rings. The normalized spacial score (nSPS) is 12.6. The average Bonchev–Trinajstić information content (AvgIpc) is 3.20. The van der Waals surface area contributed by atoms with Crippen molar-refractivity contribution in [2.45, 2.75) is 33.6 Å². The predicted molar refractivity (Wildman–Crippen MR) is 138 cm³/mol. The van der Waals surface area contributed by atoms with Crippen LogP contribution in [0.5, 0.6) is 0 Å². The lowest BCUT2D eigenvalue weighted by Gasteiger charge is -2.27. The maximum atomic E-state index is 13.0. The third-order valence-electron chi connectivity index (χ3n) is 5.98. The van der Waals surface area contributed by atoms with Gasteiger partial charge in [0.15, 0.2) is 0 Å². The highest BCUT2D eigenvalue weighted by molar-refractivity contribution is 7.18. The van der Waals surface area contributed by atoms with Crippen molar-refractivity contribution >= 4 is 56.8 Å². The largest absolute Gasteiger partial charge is 0.462 e. The zero-order valence-corrected chi connectivity index (χ0v) is 21.5. The Balaban J connectivity index is 1.46. The van der Waals surface area contributed by atoms with Crippen molar-refractivity contribution in [1.82, 2.24) is 4.90 Å². The van der Waals surface area contributed by atoms with Gasteiger partial charge in [0.25, 0.3) is 11.8 Å². The van der Waals surface area contributed by atoms with Gasteiger partial charge in [-0.15, -0.1) is 11.3 Å². The van der Waals surface area contributed by atoms with Crippen molar-refractivity contribution in [3.63, 3.8) is 0 Å². The van der Waals surface area contributed by atoms with Gasteiger partial charge in [-0.1, -0.05) is 24.3 Å². The molecular formula is C27H26N2O7S. The van der Waals surface area contributed by atoms with Crippen molar-refractivity contribution in [2.24, 2.45) is 0 Å². The molecule has 3 amide bonds. The molecule has 0 saturated carbocycles. The van der Waals surface area contributed by atoms with Crippen molar-refractivity contribution in [2.75, 3.05) is 25.1 Å². The average molecular weight is 523 g/mol. The summed E-state index contributed by atoms with van der Waals surface area (Å²) in [7, 11) is 0. The minimum Gasteiger partial charge on any atom is -0.462 e. The number of benzene rings is 2. The van der Waals surface area contributed by atoms with E-state index in [2.05, 4.69) is 5.32 Å². The van der Waals surface area contributed by atoms with E-state index in [0.717, 1.165) is 21.6 Å². The first-order valence-electron chi connectivity index (χ1n) is 11.9. The second-order valence-electron chi connectivity index (χ2n) is 8.32. The van der Waals surface area contributed by atoms with E-state index in [1.54, 1.807) is 45.0 Å². The fraction of sp³-hybridized carbons (Fsp3) is 0.296. The summed E-state index contributed by atoms with van der Waals surface area (Å²) in [6, 6.07) is 10.6. The van der Waals surface area contributed by atoms with Crippen molar-refractivity contribution in [1.29, 1.82) is 0 Å². The molecule has 0 aliphatic carbocycles. The molecule has 1 aromatic heterocycles. The highest BCUT2D eigenvalue weighted by Gasteiger charge is 2.32. The van der Waals surface area contributed by atoms with E-state index < -0.39 is 29.7 Å². The minimum atomic E-state index is -0.653. The Labute approximate surface area is 217 Å². The predicted octanol–water partition coefficient (Wildman–Crippen LogP) is 4.58. The zero-order valence-electron chi connectivity index (χ0n) is 20.7. The number of nitrogens with one attached hydrogen (secondary N) is 1. The van der Waals surface area contributed by atoms with E-state index in [-0.39, 0.29) is 48.0 Å². The number of thiophene rings is 1. The molecule has 0 atom stereocenters. The van der Waals surface area contributed by atoms with Crippen LogP contribution in [0.2, 0.25) is 0 Å². The lowest BCUT2D eigenvalue weighted by molar-refractivity contribution is -0.116. The van der Waals surface area contributed by atoms with Crippen LogP contribution in [0.3, 0.4) is 0 Å². The summed E-state index contributed by atoms with van der Waals surface area (Å²) in [5.74, 6) is -2.46. The molecule has 2 aromatic carbocycles. The number of ether oxygens (including phenoxy) is 2. The molecule has 37 heavy (non-hydrogen) atoms. The molecule has 4 rings (SSSR count). The van der Waals surface area contributed by atoms with Gasteiger partial charge in [0.1, 0.15) is 9.88 Å². The maximum Gasteiger partial charge on any atom is 0.348 e. The van der Waals surface area contributed by atoms with Crippen LogP contribution in [0.25, 0.3) is 10.8 Å². The van der Waals surface area contributed by atoms with Crippen molar-refractivity contribution in [3.8, 4) is 0 Å². The molecule has 2 heterocycles. The van der Waals surface area contributed by atoms with Crippen LogP contribution < -0.4 is 5.32 Å². The van der Waals surface area contributed by atoms with E-state index in [9.17, 15) is 24.0 Å². The monoisotopic (exact) mass is 522 g/mol. The molecule has 9 nitrogen and oxygen atoms in total. The van der Waals surface area contributed by atoms with Gasteiger partial charge in [0.2, 0.25) is 5.91 Å². The molecule has 0 radical (unpaired) electrons. The third-order valence-corrected chi connectivity index (χ3v) is 7.17. The lowest BCUT2D eigenvalue weighted by Crippen LogP contribution is -2.41. The zero-order chi connectivity index (χ0) is 26.7. The Kier molecular flexibility index (Phi) is 7.68. The van der Waals surface area contributed by atoms with Gasteiger partial charge < -0.3 is 14.8 Å². The smallest absolute Gasteiger partial charge is 0.348 e. The van der Waals surface area contributed by atoms with Gasteiger partial charge in [0, 0.05) is 29.5 Å². The fourth-order valence-corrected chi connectivity index (χ4v) is 5.42. The molecule has 192 valence electrons. The minimum absolute atomic E-state index is 0.0170. The second-order valence-corrected chi connectivity index (χ2v) is 9.34. The fourth-order valence-electron chi connectivity index (χ4n) is 4.31. The summed E-state index contributed by atoms with van der Waals surface area (Å²) in [5, 5.41) is 4.34. The number of carbonyl (C=O) groups is 5. The first-order chi connectivity index (χ1) is 17.8. The third kappa shape index (κ3) is 4.97. The Bertz CT molecular complexity index is 1370. The quantitative estimate of drug-likeness (QED) is 0.323. The number of esters is 2. The summed E-state index contributed by atoms with van der Waals surface area (Å²) in [6.45, 7) is 5.28. The molecular weight excluding hydrogens is 496 g/mol. The van der Waals surface area contributed by atoms with E-state index >= 15 is 0 Å². The molecule has 0 spiro atoms. The Morgan fingerprint density at radius 1 is 0.919 bits per heavy atom. The Morgan fingerprint density at radius 3 is 2.11 bits per heavy atom. The molecule has 0 saturated heterocycles. The van der Waals surface area contributed by atoms with Gasteiger partial charge in [0.05, 0.1) is 18.8 Å².